The minimum absolute atomic E-state index is 0.136. The van der Waals surface area contributed by atoms with Crippen molar-refractivity contribution >= 4 is 55.7 Å². The Hall–Kier alpha value is -4.86. The van der Waals surface area contributed by atoms with Gasteiger partial charge in [-0.25, -0.2) is 14.7 Å². The highest BCUT2D eigenvalue weighted by molar-refractivity contribution is 7.87. The van der Waals surface area contributed by atoms with Crippen LogP contribution >= 0.6 is 11.3 Å². The SMILES string of the molecule is COc1ccc2c(O[C@@H]3C[C@H]4C(=O)C[C@]5(C(=O)NS(=O)(=O)N6CCCCC6)C[C@H]5/C=C\CCCCC[C@H](Nc5ccccc5)C(=O)N4C3)cc(-c3nc(C(C)C)cs3)nc2c1C. The predicted octanol–water partition coefficient (Wildman–Crippen LogP) is 7.96. The van der Waals surface area contributed by atoms with Crippen molar-refractivity contribution in [3.05, 3.63) is 77.3 Å². The van der Waals surface area contributed by atoms with Gasteiger partial charge < -0.3 is 19.7 Å². The number of ketones is 1. The van der Waals surface area contributed by atoms with Gasteiger partial charge in [-0.1, -0.05) is 63.5 Å². The lowest BCUT2D eigenvalue weighted by Crippen LogP contribution is -2.50. The molecule has 2 N–H and O–H groups in total. The summed E-state index contributed by atoms with van der Waals surface area (Å²) in [6, 6.07) is 13.8. The second-order valence-corrected chi connectivity index (χ2v) is 20.2. The summed E-state index contributed by atoms with van der Waals surface area (Å²) in [6.07, 6.45) is 10.1. The van der Waals surface area contributed by atoms with Crippen LogP contribution < -0.4 is 19.5 Å². The molecule has 3 fully saturated rings. The highest BCUT2D eigenvalue weighted by Gasteiger charge is 2.61. The minimum atomic E-state index is -4.10. The molecule has 5 atom stereocenters. The van der Waals surface area contributed by atoms with E-state index in [9.17, 15) is 22.8 Å². The minimum Gasteiger partial charge on any atom is -0.496 e. The summed E-state index contributed by atoms with van der Waals surface area (Å²) in [4.78, 5) is 55.7. The summed E-state index contributed by atoms with van der Waals surface area (Å²) in [7, 11) is -2.47. The molecule has 4 aliphatic rings. The van der Waals surface area contributed by atoms with Crippen LogP contribution in [0.4, 0.5) is 5.69 Å². The molecule has 1 saturated carbocycles. The van der Waals surface area contributed by atoms with Crippen molar-refractivity contribution in [3.8, 4) is 22.2 Å². The molecule has 2 aromatic carbocycles. The van der Waals surface area contributed by atoms with Gasteiger partial charge in [0.2, 0.25) is 11.8 Å². The van der Waals surface area contributed by atoms with Crippen LogP contribution in [-0.2, 0) is 24.6 Å². The van der Waals surface area contributed by atoms with Crippen molar-refractivity contribution in [2.45, 2.75) is 116 Å². The number of allylic oxidation sites excluding steroid dienone is 2. The molecule has 2 amide bonds. The van der Waals surface area contributed by atoms with Crippen LogP contribution in [0.3, 0.4) is 0 Å². The Morgan fingerprint density at radius 1 is 0.984 bits per heavy atom. The average molecular weight is 883 g/mol. The fourth-order valence-electron chi connectivity index (χ4n) is 9.28. The molecule has 62 heavy (non-hydrogen) atoms. The highest BCUT2D eigenvalue weighted by atomic mass is 32.2. The third-order valence-electron chi connectivity index (χ3n) is 13.0. The van der Waals surface area contributed by atoms with Crippen LogP contribution in [0, 0.1) is 18.3 Å². The second kappa shape index (κ2) is 18.5. The number of pyridine rings is 1. The molecule has 4 aromatic rings. The van der Waals surface area contributed by atoms with Gasteiger partial charge in [-0.3, -0.25) is 14.4 Å². The fourth-order valence-corrected chi connectivity index (χ4v) is 11.5. The number of amides is 2. The van der Waals surface area contributed by atoms with Gasteiger partial charge in [0.1, 0.15) is 34.3 Å². The van der Waals surface area contributed by atoms with E-state index in [-0.39, 0.29) is 42.9 Å². The van der Waals surface area contributed by atoms with Crippen LogP contribution in [0.15, 0.2) is 66.1 Å². The zero-order valence-electron chi connectivity index (χ0n) is 36.1. The summed E-state index contributed by atoms with van der Waals surface area (Å²) >= 11 is 1.52. The van der Waals surface area contributed by atoms with E-state index >= 15 is 0 Å². The second-order valence-electron chi connectivity index (χ2n) is 17.6. The first kappa shape index (κ1) is 43.8. The maximum Gasteiger partial charge on any atom is 0.303 e. The number of rotatable bonds is 10. The molecule has 1 aliphatic carbocycles. The molecule has 3 aliphatic heterocycles. The Morgan fingerprint density at radius 3 is 2.50 bits per heavy atom. The molecular weight excluding hydrogens is 825 g/mol. The largest absolute Gasteiger partial charge is 0.496 e. The Labute approximate surface area is 368 Å². The summed E-state index contributed by atoms with van der Waals surface area (Å²) in [5, 5.41) is 7.03. The molecule has 8 rings (SSSR count). The standard InChI is InChI=1S/C47H58N6O7S2/c1-30(2)38-29-61-44(50-38)37-25-42(35-20-21-41(59-4)31(3)43(35)49-37)60-34-24-39-40(54)27-47(46(56)51-62(57,58)52-22-14-9-15-23-52)26-32(47)16-10-6-5-7-13-19-36(45(55)53(39)28-34)48-33-17-11-8-12-18-33/h8,10-12,16-18,20-21,25,29-30,32,34,36,39,48H,5-7,9,13-15,19,22-24,26-28H2,1-4H3,(H,51,56)/b16-10-/t32-,34-,36+,39+,47-/m1/s1. The molecule has 330 valence electrons. The van der Waals surface area contributed by atoms with E-state index in [1.165, 1.54) is 15.6 Å². The number of piperidine rings is 1. The molecule has 5 heterocycles. The topological polar surface area (TPSA) is 160 Å². The van der Waals surface area contributed by atoms with Crippen LogP contribution in [0.5, 0.6) is 11.5 Å². The summed E-state index contributed by atoms with van der Waals surface area (Å²) < 4.78 is 43.3. The number of carbonyl (C=O) groups excluding carboxylic acids is 3. The number of para-hydroxylation sites is 1. The van der Waals surface area contributed by atoms with Gasteiger partial charge in [0.05, 0.1) is 36.3 Å². The quantitative estimate of drug-likeness (QED) is 0.150. The molecule has 0 unspecified atom stereocenters. The molecular formula is C47H58N6O7S2. The fraction of sp³-hybridized carbons (Fsp3) is 0.511. The number of fused-ring (bicyclic) bond motifs is 3. The molecule has 13 nitrogen and oxygen atoms in total. The van der Waals surface area contributed by atoms with Crippen molar-refractivity contribution < 1.29 is 32.3 Å². The third-order valence-corrected chi connectivity index (χ3v) is 15.4. The van der Waals surface area contributed by atoms with Crippen molar-refractivity contribution in [3.63, 3.8) is 0 Å². The summed E-state index contributed by atoms with van der Waals surface area (Å²) in [5.74, 6) is 0.0106. The number of methoxy groups -OCH3 is 1. The zero-order valence-corrected chi connectivity index (χ0v) is 37.7. The van der Waals surface area contributed by atoms with Crippen molar-refractivity contribution in [1.29, 1.82) is 0 Å². The smallest absolute Gasteiger partial charge is 0.303 e. The van der Waals surface area contributed by atoms with Crippen LogP contribution in [0.25, 0.3) is 21.6 Å². The Bertz CT molecular complexity index is 2430. The van der Waals surface area contributed by atoms with Crippen molar-refractivity contribution in [2.24, 2.45) is 11.3 Å². The van der Waals surface area contributed by atoms with Gasteiger partial charge in [0, 0.05) is 54.0 Å². The van der Waals surface area contributed by atoms with Gasteiger partial charge in [0.25, 0.3) is 0 Å². The van der Waals surface area contributed by atoms with E-state index in [0.29, 0.717) is 48.6 Å². The van der Waals surface area contributed by atoms with Gasteiger partial charge in [-0.15, -0.1) is 11.3 Å². The van der Waals surface area contributed by atoms with E-state index in [1.54, 1.807) is 12.0 Å². The van der Waals surface area contributed by atoms with E-state index in [0.717, 1.165) is 72.3 Å². The lowest BCUT2D eigenvalue weighted by atomic mass is 9.91. The van der Waals surface area contributed by atoms with Gasteiger partial charge >= 0.3 is 10.2 Å². The Kier molecular flexibility index (Phi) is 13.0. The lowest BCUT2D eigenvalue weighted by molar-refractivity contribution is -0.139. The van der Waals surface area contributed by atoms with E-state index in [4.69, 9.17) is 19.4 Å². The normalized spacial score (nSPS) is 25.7. The number of benzene rings is 2. The molecule has 15 heteroatoms. The van der Waals surface area contributed by atoms with Crippen molar-refractivity contribution in [2.75, 3.05) is 32.1 Å². The predicted molar refractivity (Wildman–Crippen MR) is 241 cm³/mol. The maximum atomic E-state index is 15.0. The number of nitrogens with one attached hydrogen (secondary N) is 2. The summed E-state index contributed by atoms with van der Waals surface area (Å²) in [6.45, 7) is 6.99. The Balaban J connectivity index is 1.14. The molecule has 0 radical (unpaired) electrons. The van der Waals surface area contributed by atoms with Crippen LogP contribution in [-0.4, -0.2) is 90.1 Å². The van der Waals surface area contributed by atoms with E-state index in [2.05, 4.69) is 30.0 Å². The summed E-state index contributed by atoms with van der Waals surface area (Å²) in [5.41, 5.74) is 2.71. The van der Waals surface area contributed by atoms with Gasteiger partial charge in [-0.05, 0) is 81.5 Å². The van der Waals surface area contributed by atoms with E-state index in [1.807, 2.05) is 66.9 Å². The monoisotopic (exact) mass is 882 g/mol. The molecule has 0 spiro atoms. The van der Waals surface area contributed by atoms with Gasteiger partial charge in [0.15, 0.2) is 5.78 Å². The Morgan fingerprint density at radius 2 is 1.76 bits per heavy atom. The van der Waals surface area contributed by atoms with Crippen LogP contribution in [0.2, 0.25) is 0 Å². The van der Waals surface area contributed by atoms with E-state index < -0.39 is 39.7 Å². The number of hydrogen-bond donors (Lipinski definition) is 2. The zero-order chi connectivity index (χ0) is 43.6. The first-order chi connectivity index (χ1) is 29.9. The lowest BCUT2D eigenvalue weighted by Gasteiger charge is -2.30. The number of hydrogen-bond acceptors (Lipinski definition) is 11. The van der Waals surface area contributed by atoms with Crippen molar-refractivity contribution in [1.82, 2.24) is 23.9 Å². The average Bonchev–Trinajstić information content (AvgIpc) is 3.54. The number of ether oxygens (including phenoxy) is 2. The number of nitrogens with zero attached hydrogens (tertiary/aromatic N) is 4. The molecule has 2 aromatic heterocycles. The number of carbonyl (C=O) groups is 3. The molecule has 2 saturated heterocycles. The number of aromatic nitrogens is 2. The molecule has 0 bridgehead atoms. The number of anilines is 1. The number of Topliss-reactive ketones (excluding diaryl/α,β-unsaturated/α-hetero) is 1. The first-order valence-electron chi connectivity index (χ1n) is 22.1. The highest BCUT2D eigenvalue weighted by Crippen LogP contribution is 2.57. The number of thiazole rings is 1. The third kappa shape index (κ3) is 9.26. The first-order valence-corrected chi connectivity index (χ1v) is 24.4. The van der Waals surface area contributed by atoms with Gasteiger partial charge in [-0.2, -0.15) is 12.7 Å². The maximum absolute atomic E-state index is 15.0. The van der Waals surface area contributed by atoms with Crippen LogP contribution in [0.1, 0.15) is 102 Å². The number of aryl methyl sites for hydroxylation is 1.